The lowest BCUT2D eigenvalue weighted by Gasteiger charge is -2.17. The lowest BCUT2D eigenvalue weighted by atomic mass is 10.1. The molecule has 25 heavy (non-hydrogen) atoms. The van der Waals surface area contributed by atoms with Crippen LogP contribution in [-0.4, -0.2) is 52.7 Å². The molecule has 2 amide bonds. The lowest BCUT2D eigenvalue weighted by molar-refractivity contribution is 0.181. The topological polar surface area (TPSA) is 72.3 Å². The van der Waals surface area contributed by atoms with Crippen LogP contribution >= 0.6 is 0 Å². The maximum absolute atomic E-state index is 12.3. The van der Waals surface area contributed by atoms with E-state index in [1.807, 2.05) is 34.0 Å². The fourth-order valence-corrected chi connectivity index (χ4v) is 3.09. The van der Waals surface area contributed by atoms with Crippen molar-refractivity contribution in [1.29, 1.82) is 0 Å². The quantitative estimate of drug-likeness (QED) is 0.781. The molecule has 0 radical (unpaired) electrons. The van der Waals surface area contributed by atoms with Crippen molar-refractivity contribution in [3.63, 3.8) is 0 Å². The van der Waals surface area contributed by atoms with Gasteiger partial charge in [-0.2, -0.15) is 0 Å². The standard InChI is InChI=1S/C18H25N5O2/c1-25-14-16-12-23(21-20-16)17-9-11-22(13-17)18(24)19-10-5-8-15-6-3-2-4-7-15/h2-4,6-7,12,17H,5,8-11,13-14H2,1H3,(H,19,24). The van der Waals surface area contributed by atoms with Gasteiger partial charge in [0, 0.05) is 26.7 Å². The fraction of sp³-hybridized carbons (Fsp3) is 0.500. The van der Waals surface area contributed by atoms with E-state index in [0.717, 1.165) is 31.5 Å². The molecular formula is C18H25N5O2. The minimum absolute atomic E-state index is 0.00721. The zero-order valence-corrected chi connectivity index (χ0v) is 14.6. The zero-order chi connectivity index (χ0) is 17.5. The summed E-state index contributed by atoms with van der Waals surface area (Å²) in [6.07, 6.45) is 4.71. The second-order valence-electron chi connectivity index (χ2n) is 6.33. The number of hydrogen-bond acceptors (Lipinski definition) is 4. The van der Waals surface area contributed by atoms with Gasteiger partial charge in [0.25, 0.3) is 0 Å². The van der Waals surface area contributed by atoms with Crippen LogP contribution in [-0.2, 0) is 17.8 Å². The summed E-state index contributed by atoms with van der Waals surface area (Å²) in [5.74, 6) is 0. The van der Waals surface area contributed by atoms with Crippen molar-refractivity contribution in [2.75, 3.05) is 26.7 Å². The van der Waals surface area contributed by atoms with Gasteiger partial charge in [-0.05, 0) is 24.8 Å². The molecule has 1 N–H and O–H groups in total. The van der Waals surface area contributed by atoms with Gasteiger partial charge in [0.15, 0.2) is 0 Å². The third kappa shape index (κ3) is 4.79. The predicted molar refractivity (Wildman–Crippen MR) is 94.1 cm³/mol. The molecule has 2 aromatic rings. The number of ether oxygens (including phenoxy) is 1. The normalized spacial score (nSPS) is 17.0. The molecule has 2 heterocycles. The van der Waals surface area contributed by atoms with Crippen LogP contribution in [0.4, 0.5) is 4.79 Å². The first-order valence-electron chi connectivity index (χ1n) is 8.72. The Hall–Kier alpha value is -2.41. The molecule has 1 aliphatic heterocycles. The molecule has 0 bridgehead atoms. The number of benzene rings is 1. The highest BCUT2D eigenvalue weighted by atomic mass is 16.5. The highest BCUT2D eigenvalue weighted by molar-refractivity contribution is 5.74. The minimum atomic E-state index is 0.00721. The van der Waals surface area contributed by atoms with Crippen LogP contribution < -0.4 is 5.32 Å². The molecule has 7 nitrogen and oxygen atoms in total. The van der Waals surface area contributed by atoms with E-state index >= 15 is 0 Å². The Labute approximate surface area is 148 Å². The van der Waals surface area contributed by atoms with E-state index in [0.29, 0.717) is 19.7 Å². The van der Waals surface area contributed by atoms with Gasteiger partial charge in [0.2, 0.25) is 0 Å². The summed E-state index contributed by atoms with van der Waals surface area (Å²) in [5.41, 5.74) is 2.11. The van der Waals surface area contributed by atoms with Gasteiger partial charge in [0.05, 0.1) is 18.8 Å². The molecule has 1 aromatic carbocycles. The summed E-state index contributed by atoms with van der Waals surface area (Å²) < 4.78 is 6.90. The van der Waals surface area contributed by atoms with E-state index in [2.05, 4.69) is 27.8 Å². The molecule has 7 heteroatoms. The smallest absolute Gasteiger partial charge is 0.317 e. The van der Waals surface area contributed by atoms with Crippen LogP contribution in [0.2, 0.25) is 0 Å². The van der Waals surface area contributed by atoms with Crippen LogP contribution in [0.1, 0.15) is 30.1 Å². The number of aromatic nitrogens is 3. The summed E-state index contributed by atoms with van der Waals surface area (Å²) in [6.45, 7) is 2.56. The van der Waals surface area contributed by atoms with E-state index < -0.39 is 0 Å². The number of hydrogen-bond donors (Lipinski definition) is 1. The molecule has 0 aliphatic carbocycles. The number of rotatable bonds is 7. The molecule has 1 aromatic heterocycles. The Morgan fingerprint density at radius 1 is 1.36 bits per heavy atom. The molecule has 0 saturated carbocycles. The number of carbonyl (C=O) groups is 1. The second kappa shape index (κ2) is 8.62. The number of likely N-dealkylation sites (tertiary alicyclic amines) is 1. The van der Waals surface area contributed by atoms with Gasteiger partial charge in [-0.15, -0.1) is 5.10 Å². The van der Waals surface area contributed by atoms with Crippen molar-refractivity contribution in [2.45, 2.75) is 31.9 Å². The largest absolute Gasteiger partial charge is 0.378 e. The maximum Gasteiger partial charge on any atom is 0.317 e. The van der Waals surface area contributed by atoms with Gasteiger partial charge in [-0.3, -0.25) is 0 Å². The first-order chi connectivity index (χ1) is 12.3. The summed E-state index contributed by atoms with van der Waals surface area (Å²) in [6, 6.07) is 10.5. The van der Waals surface area contributed by atoms with Crippen LogP contribution in [0.3, 0.4) is 0 Å². The zero-order valence-electron chi connectivity index (χ0n) is 14.6. The van der Waals surface area contributed by atoms with Gasteiger partial charge in [-0.25, -0.2) is 9.48 Å². The average molecular weight is 343 g/mol. The number of methoxy groups -OCH3 is 1. The van der Waals surface area contributed by atoms with Crippen LogP contribution in [0.15, 0.2) is 36.5 Å². The van der Waals surface area contributed by atoms with Gasteiger partial charge in [0.1, 0.15) is 5.69 Å². The van der Waals surface area contributed by atoms with E-state index in [9.17, 15) is 4.79 Å². The Morgan fingerprint density at radius 3 is 3.00 bits per heavy atom. The molecule has 1 fully saturated rings. The number of aryl methyl sites for hydroxylation is 1. The van der Waals surface area contributed by atoms with E-state index in [1.165, 1.54) is 5.56 Å². The molecule has 1 saturated heterocycles. The van der Waals surface area contributed by atoms with E-state index in [1.54, 1.807) is 7.11 Å². The number of amides is 2. The van der Waals surface area contributed by atoms with Gasteiger partial charge in [-0.1, -0.05) is 35.5 Å². The van der Waals surface area contributed by atoms with Crippen molar-refractivity contribution < 1.29 is 9.53 Å². The molecule has 1 unspecified atom stereocenters. The average Bonchev–Trinajstić information content (AvgIpc) is 3.29. The molecule has 3 rings (SSSR count). The summed E-state index contributed by atoms with van der Waals surface area (Å²) >= 11 is 0. The van der Waals surface area contributed by atoms with E-state index in [4.69, 9.17) is 4.74 Å². The maximum atomic E-state index is 12.3. The molecular weight excluding hydrogens is 318 g/mol. The Kier molecular flexibility index (Phi) is 6.00. The fourth-order valence-electron chi connectivity index (χ4n) is 3.09. The Morgan fingerprint density at radius 2 is 2.20 bits per heavy atom. The van der Waals surface area contributed by atoms with Crippen LogP contribution in [0.5, 0.6) is 0 Å². The third-order valence-corrected chi connectivity index (χ3v) is 4.44. The Balaban J connectivity index is 1.39. The van der Waals surface area contributed by atoms with Gasteiger partial charge >= 0.3 is 6.03 Å². The first-order valence-corrected chi connectivity index (χ1v) is 8.72. The number of nitrogens with one attached hydrogen (secondary N) is 1. The highest BCUT2D eigenvalue weighted by Gasteiger charge is 2.28. The lowest BCUT2D eigenvalue weighted by Crippen LogP contribution is -2.39. The molecule has 0 spiro atoms. The van der Waals surface area contributed by atoms with Crippen molar-refractivity contribution >= 4 is 6.03 Å². The Bertz CT molecular complexity index is 673. The SMILES string of the molecule is COCc1cn(C2CCN(C(=O)NCCCc3ccccc3)C2)nn1. The number of urea groups is 1. The highest BCUT2D eigenvalue weighted by Crippen LogP contribution is 2.20. The van der Waals surface area contributed by atoms with Crippen LogP contribution in [0.25, 0.3) is 0 Å². The monoisotopic (exact) mass is 343 g/mol. The van der Waals surface area contributed by atoms with Crippen LogP contribution in [0, 0.1) is 0 Å². The van der Waals surface area contributed by atoms with Gasteiger partial charge < -0.3 is 15.0 Å². The number of nitrogens with zero attached hydrogens (tertiary/aromatic N) is 4. The number of carbonyl (C=O) groups excluding carboxylic acids is 1. The van der Waals surface area contributed by atoms with E-state index in [-0.39, 0.29) is 12.1 Å². The summed E-state index contributed by atoms with van der Waals surface area (Å²) in [5, 5.41) is 11.2. The molecule has 1 aliphatic rings. The first kappa shape index (κ1) is 17.4. The molecule has 134 valence electrons. The van der Waals surface area contributed by atoms with Crippen molar-refractivity contribution in [1.82, 2.24) is 25.2 Å². The predicted octanol–water partition coefficient (Wildman–Crippen LogP) is 2.01. The van der Waals surface area contributed by atoms with Crippen molar-refractivity contribution in [3.05, 3.63) is 47.8 Å². The molecule has 1 atom stereocenters. The summed E-state index contributed by atoms with van der Waals surface area (Å²) in [4.78, 5) is 14.1. The second-order valence-corrected chi connectivity index (χ2v) is 6.33. The third-order valence-electron chi connectivity index (χ3n) is 4.44. The van der Waals surface area contributed by atoms with Crippen molar-refractivity contribution in [2.24, 2.45) is 0 Å². The minimum Gasteiger partial charge on any atom is -0.378 e. The van der Waals surface area contributed by atoms with Crippen molar-refractivity contribution in [3.8, 4) is 0 Å². The summed E-state index contributed by atoms with van der Waals surface area (Å²) in [7, 11) is 1.64.